The Kier molecular flexibility index (Phi) is 4.90. The van der Waals surface area contributed by atoms with Crippen molar-refractivity contribution >= 4 is 17.5 Å². The molecule has 1 fully saturated rings. The Bertz CT molecular complexity index is 1200. The predicted molar refractivity (Wildman–Crippen MR) is 128 cm³/mol. The third kappa shape index (κ3) is 3.30. The number of benzene rings is 3. The minimum absolute atomic E-state index is 0.0445. The second-order valence-electron chi connectivity index (χ2n) is 9.11. The summed E-state index contributed by atoms with van der Waals surface area (Å²) in [5, 5.41) is 0. The number of hydrogen-bond donors (Lipinski definition) is 0. The van der Waals surface area contributed by atoms with Gasteiger partial charge in [0.15, 0.2) is 0 Å². The summed E-state index contributed by atoms with van der Waals surface area (Å²) in [6, 6.07) is 26.1. The van der Waals surface area contributed by atoms with Gasteiger partial charge in [-0.25, -0.2) is 0 Å². The fraction of sp³-hybridized carbons (Fsp3) is 0.286. The number of para-hydroxylation sites is 1. The van der Waals surface area contributed by atoms with Gasteiger partial charge in [-0.05, 0) is 41.3 Å². The summed E-state index contributed by atoms with van der Waals surface area (Å²) in [6.07, 6.45) is 0.831. The van der Waals surface area contributed by atoms with Crippen LogP contribution in [0.4, 0.5) is 5.69 Å². The van der Waals surface area contributed by atoms with Crippen molar-refractivity contribution in [2.24, 2.45) is 0 Å². The maximum Gasteiger partial charge on any atom is 0.254 e. The first kappa shape index (κ1) is 20.0. The van der Waals surface area contributed by atoms with Crippen LogP contribution in [0.25, 0.3) is 0 Å². The smallest absolute Gasteiger partial charge is 0.254 e. The Morgan fingerprint density at radius 3 is 2.18 bits per heavy atom. The molecule has 0 N–H and O–H groups in total. The number of anilines is 1. The van der Waals surface area contributed by atoms with E-state index < -0.39 is 0 Å². The summed E-state index contributed by atoms with van der Waals surface area (Å²) in [4.78, 5) is 33.8. The monoisotopic (exact) mass is 437 g/mol. The SMILES string of the molecule is O=C([C@H]1c2ccccc2C(=O)N2CCc3ccccc3[C@@H]12)N1CCN(c2ccccc2)CC1. The Labute approximate surface area is 194 Å². The van der Waals surface area contributed by atoms with E-state index in [-0.39, 0.29) is 23.8 Å². The average molecular weight is 438 g/mol. The molecule has 5 heteroatoms. The molecule has 166 valence electrons. The van der Waals surface area contributed by atoms with Crippen LogP contribution in [0.15, 0.2) is 78.9 Å². The molecule has 3 aliphatic rings. The van der Waals surface area contributed by atoms with Gasteiger partial charge in [0.2, 0.25) is 5.91 Å². The van der Waals surface area contributed by atoms with Crippen LogP contribution in [0.5, 0.6) is 0 Å². The number of carbonyl (C=O) groups excluding carboxylic acids is 2. The molecule has 3 aromatic carbocycles. The van der Waals surface area contributed by atoms with Gasteiger partial charge < -0.3 is 14.7 Å². The Morgan fingerprint density at radius 2 is 1.39 bits per heavy atom. The highest BCUT2D eigenvalue weighted by Gasteiger charge is 2.47. The van der Waals surface area contributed by atoms with Gasteiger partial charge in [0.25, 0.3) is 5.91 Å². The van der Waals surface area contributed by atoms with E-state index in [2.05, 4.69) is 41.3 Å². The number of hydrogen-bond acceptors (Lipinski definition) is 3. The molecule has 3 heterocycles. The first-order valence-electron chi connectivity index (χ1n) is 11.8. The van der Waals surface area contributed by atoms with Crippen LogP contribution in [0.1, 0.15) is 39.0 Å². The van der Waals surface area contributed by atoms with Crippen LogP contribution in [-0.4, -0.2) is 54.3 Å². The summed E-state index contributed by atoms with van der Waals surface area (Å²) in [5.74, 6) is -0.193. The standard InChI is InChI=1S/C28H27N3O2/c32-27-24-13-7-6-12-23(24)25(26-22-11-5-4-8-20(22)14-15-31(26)27)28(33)30-18-16-29(17-19-30)21-9-2-1-3-10-21/h1-13,25-26H,14-19H2/t25-,26-/m0/s1. The highest BCUT2D eigenvalue weighted by molar-refractivity contribution is 6.01. The van der Waals surface area contributed by atoms with Crippen molar-refractivity contribution in [3.8, 4) is 0 Å². The Morgan fingerprint density at radius 1 is 0.727 bits per heavy atom. The minimum atomic E-state index is -0.372. The lowest BCUT2D eigenvalue weighted by molar-refractivity contribution is -0.135. The van der Waals surface area contributed by atoms with E-state index in [0.29, 0.717) is 25.2 Å². The number of piperazine rings is 1. The molecule has 0 bridgehead atoms. The molecular formula is C28H27N3O2. The van der Waals surface area contributed by atoms with Gasteiger partial charge in [-0.2, -0.15) is 0 Å². The van der Waals surface area contributed by atoms with Crippen molar-refractivity contribution in [2.75, 3.05) is 37.6 Å². The molecule has 2 atom stereocenters. The molecule has 0 unspecified atom stereocenters. The molecule has 3 aromatic rings. The van der Waals surface area contributed by atoms with Gasteiger partial charge >= 0.3 is 0 Å². The zero-order valence-corrected chi connectivity index (χ0v) is 18.6. The van der Waals surface area contributed by atoms with E-state index in [1.165, 1.54) is 11.3 Å². The van der Waals surface area contributed by atoms with Crippen molar-refractivity contribution in [3.05, 3.63) is 101 Å². The summed E-state index contributed by atoms with van der Waals surface area (Å²) >= 11 is 0. The van der Waals surface area contributed by atoms with Gasteiger partial charge in [0.05, 0.1) is 12.0 Å². The van der Waals surface area contributed by atoms with Crippen molar-refractivity contribution in [3.63, 3.8) is 0 Å². The Balaban J connectivity index is 1.34. The predicted octanol–water partition coefficient (Wildman–Crippen LogP) is 3.87. The van der Waals surface area contributed by atoms with E-state index in [0.717, 1.165) is 30.6 Å². The molecule has 1 saturated heterocycles. The summed E-state index contributed by atoms with van der Waals surface area (Å²) in [5.41, 5.74) is 5.11. The fourth-order valence-electron chi connectivity index (χ4n) is 5.76. The second kappa shape index (κ2) is 8.07. The average Bonchev–Trinajstić information content (AvgIpc) is 2.89. The number of rotatable bonds is 2. The molecule has 0 radical (unpaired) electrons. The molecule has 0 spiro atoms. The van der Waals surface area contributed by atoms with E-state index in [1.54, 1.807) is 0 Å². The number of carbonyl (C=O) groups is 2. The second-order valence-corrected chi connectivity index (χ2v) is 9.11. The molecule has 0 aliphatic carbocycles. The van der Waals surface area contributed by atoms with Crippen LogP contribution >= 0.6 is 0 Å². The summed E-state index contributed by atoms with van der Waals surface area (Å²) in [6.45, 7) is 3.66. The maximum atomic E-state index is 14.1. The number of fused-ring (bicyclic) bond motifs is 4. The quantitative estimate of drug-likeness (QED) is 0.611. The largest absolute Gasteiger partial charge is 0.368 e. The van der Waals surface area contributed by atoms with Crippen molar-refractivity contribution in [1.29, 1.82) is 0 Å². The molecule has 3 aliphatic heterocycles. The third-order valence-electron chi connectivity index (χ3n) is 7.41. The number of nitrogens with zero attached hydrogens (tertiary/aromatic N) is 3. The minimum Gasteiger partial charge on any atom is -0.368 e. The van der Waals surface area contributed by atoms with Gasteiger partial charge in [-0.1, -0.05) is 60.7 Å². The maximum absolute atomic E-state index is 14.1. The lowest BCUT2D eigenvalue weighted by Gasteiger charge is -2.47. The summed E-state index contributed by atoms with van der Waals surface area (Å²) < 4.78 is 0. The lowest BCUT2D eigenvalue weighted by atomic mass is 9.75. The van der Waals surface area contributed by atoms with Crippen LogP contribution in [0.2, 0.25) is 0 Å². The lowest BCUT2D eigenvalue weighted by Crippen LogP contribution is -2.54. The number of amides is 2. The molecule has 33 heavy (non-hydrogen) atoms. The van der Waals surface area contributed by atoms with Crippen molar-refractivity contribution in [1.82, 2.24) is 9.80 Å². The third-order valence-corrected chi connectivity index (χ3v) is 7.41. The highest BCUT2D eigenvalue weighted by atomic mass is 16.2. The van der Waals surface area contributed by atoms with Crippen molar-refractivity contribution in [2.45, 2.75) is 18.4 Å². The van der Waals surface area contributed by atoms with Gasteiger partial charge in [0.1, 0.15) is 0 Å². The summed E-state index contributed by atoms with van der Waals surface area (Å²) in [7, 11) is 0. The van der Waals surface area contributed by atoms with Crippen LogP contribution in [0, 0.1) is 0 Å². The Hall–Kier alpha value is -3.60. The topological polar surface area (TPSA) is 43.9 Å². The van der Waals surface area contributed by atoms with Gasteiger partial charge in [0, 0.05) is 44.0 Å². The van der Waals surface area contributed by atoms with E-state index in [1.807, 2.05) is 52.3 Å². The first-order chi connectivity index (χ1) is 16.2. The van der Waals surface area contributed by atoms with Crippen LogP contribution in [-0.2, 0) is 11.2 Å². The van der Waals surface area contributed by atoms with Crippen molar-refractivity contribution < 1.29 is 9.59 Å². The first-order valence-corrected chi connectivity index (χ1v) is 11.8. The molecular weight excluding hydrogens is 410 g/mol. The van der Waals surface area contributed by atoms with E-state index in [9.17, 15) is 9.59 Å². The highest BCUT2D eigenvalue weighted by Crippen LogP contribution is 2.46. The van der Waals surface area contributed by atoms with Gasteiger partial charge in [-0.3, -0.25) is 9.59 Å². The molecule has 5 nitrogen and oxygen atoms in total. The molecule has 6 rings (SSSR count). The molecule has 0 aromatic heterocycles. The molecule has 2 amide bonds. The zero-order chi connectivity index (χ0) is 22.4. The molecule has 0 saturated carbocycles. The van der Waals surface area contributed by atoms with Gasteiger partial charge in [-0.15, -0.1) is 0 Å². The zero-order valence-electron chi connectivity index (χ0n) is 18.6. The fourth-order valence-corrected chi connectivity index (χ4v) is 5.76. The van der Waals surface area contributed by atoms with E-state index in [4.69, 9.17) is 0 Å². The van der Waals surface area contributed by atoms with E-state index >= 15 is 0 Å². The van der Waals surface area contributed by atoms with Crippen LogP contribution < -0.4 is 4.90 Å². The van der Waals surface area contributed by atoms with Crippen LogP contribution in [0.3, 0.4) is 0 Å². The normalized spacial score (nSPS) is 21.8.